The Morgan fingerprint density at radius 3 is 2.13 bits per heavy atom. The summed E-state index contributed by atoms with van der Waals surface area (Å²) in [6, 6.07) is 5.95. The van der Waals surface area contributed by atoms with E-state index in [9.17, 15) is 0 Å². The van der Waals surface area contributed by atoms with E-state index in [4.69, 9.17) is 11.5 Å². The summed E-state index contributed by atoms with van der Waals surface area (Å²) >= 11 is 0. The van der Waals surface area contributed by atoms with Gasteiger partial charge in [-0.2, -0.15) is 0 Å². The lowest BCUT2D eigenvalue weighted by Crippen LogP contribution is -2.23. The molecule has 1 fully saturated rings. The van der Waals surface area contributed by atoms with Crippen LogP contribution >= 0.6 is 0 Å². The molecule has 1 aromatic rings. The highest BCUT2D eigenvalue weighted by Crippen LogP contribution is 2.25. The fourth-order valence-electron chi connectivity index (χ4n) is 2.09. The van der Waals surface area contributed by atoms with Crippen molar-refractivity contribution in [1.29, 1.82) is 0 Å². The average molecular weight is 205 g/mol. The van der Waals surface area contributed by atoms with E-state index in [1.165, 1.54) is 31.4 Å². The van der Waals surface area contributed by atoms with E-state index >= 15 is 0 Å². The van der Waals surface area contributed by atoms with Gasteiger partial charge in [0.25, 0.3) is 0 Å². The first-order chi connectivity index (χ1) is 7.27. The van der Waals surface area contributed by atoms with Crippen LogP contribution < -0.4 is 16.4 Å². The zero-order valence-corrected chi connectivity index (χ0v) is 9.08. The number of rotatable bonds is 1. The fourth-order valence-corrected chi connectivity index (χ4v) is 2.09. The molecule has 2 rings (SSSR count). The monoisotopic (exact) mass is 205 g/mol. The molecule has 0 aromatic heterocycles. The molecule has 0 unspecified atom stereocenters. The topological polar surface area (TPSA) is 55.3 Å². The summed E-state index contributed by atoms with van der Waals surface area (Å²) < 4.78 is 0. The molecular formula is C12H19N3. The average Bonchev–Trinajstić information content (AvgIpc) is 2.50. The Morgan fingerprint density at radius 2 is 1.53 bits per heavy atom. The maximum atomic E-state index is 5.81. The molecule has 3 nitrogen and oxygen atoms in total. The Labute approximate surface area is 91.1 Å². The van der Waals surface area contributed by atoms with Gasteiger partial charge in [0.1, 0.15) is 0 Å². The van der Waals surface area contributed by atoms with E-state index < -0.39 is 0 Å². The summed E-state index contributed by atoms with van der Waals surface area (Å²) in [5.41, 5.74) is 14.1. The number of hydrogen-bond donors (Lipinski definition) is 2. The summed E-state index contributed by atoms with van der Waals surface area (Å²) in [5, 5.41) is 0. The summed E-state index contributed by atoms with van der Waals surface area (Å²) in [6.45, 7) is 2.28. The molecule has 0 spiro atoms. The summed E-state index contributed by atoms with van der Waals surface area (Å²) in [7, 11) is 0. The van der Waals surface area contributed by atoms with Gasteiger partial charge in [-0.25, -0.2) is 0 Å². The Kier molecular flexibility index (Phi) is 2.99. The third-order valence-corrected chi connectivity index (χ3v) is 3.04. The minimum Gasteiger partial charge on any atom is -0.397 e. The van der Waals surface area contributed by atoms with E-state index in [-0.39, 0.29) is 0 Å². The SMILES string of the molecule is Nc1ccc(N2CCCCCC2)cc1N. The molecule has 0 bridgehead atoms. The van der Waals surface area contributed by atoms with E-state index in [2.05, 4.69) is 11.0 Å². The first-order valence-electron chi connectivity index (χ1n) is 5.67. The van der Waals surface area contributed by atoms with Gasteiger partial charge in [-0.3, -0.25) is 0 Å². The highest BCUT2D eigenvalue weighted by atomic mass is 15.1. The van der Waals surface area contributed by atoms with E-state index in [0.29, 0.717) is 11.4 Å². The van der Waals surface area contributed by atoms with Crippen molar-refractivity contribution in [2.75, 3.05) is 29.5 Å². The van der Waals surface area contributed by atoms with Crippen molar-refractivity contribution in [2.24, 2.45) is 0 Å². The number of nitrogen functional groups attached to an aromatic ring is 2. The first-order valence-corrected chi connectivity index (χ1v) is 5.67. The lowest BCUT2D eigenvalue weighted by atomic mass is 10.2. The summed E-state index contributed by atoms with van der Waals surface area (Å²) in [5.74, 6) is 0. The molecule has 3 heteroatoms. The Morgan fingerprint density at radius 1 is 0.867 bits per heavy atom. The lowest BCUT2D eigenvalue weighted by molar-refractivity contribution is 0.726. The van der Waals surface area contributed by atoms with Gasteiger partial charge < -0.3 is 16.4 Å². The largest absolute Gasteiger partial charge is 0.397 e. The van der Waals surface area contributed by atoms with Crippen LogP contribution in [0.4, 0.5) is 17.1 Å². The summed E-state index contributed by atoms with van der Waals surface area (Å²) in [6.07, 6.45) is 5.26. The second-order valence-corrected chi connectivity index (χ2v) is 4.21. The lowest BCUT2D eigenvalue weighted by Gasteiger charge is -2.23. The van der Waals surface area contributed by atoms with E-state index in [1.54, 1.807) is 0 Å². The first kappa shape index (κ1) is 10.1. The molecule has 4 N–H and O–H groups in total. The van der Waals surface area contributed by atoms with Crippen LogP contribution in [0, 0.1) is 0 Å². The van der Waals surface area contributed by atoms with Crippen LogP contribution in [0.3, 0.4) is 0 Å². The molecule has 1 aromatic carbocycles. The highest BCUT2D eigenvalue weighted by molar-refractivity contribution is 5.69. The third kappa shape index (κ3) is 2.35. The van der Waals surface area contributed by atoms with Gasteiger partial charge in [0.2, 0.25) is 0 Å². The molecule has 82 valence electrons. The predicted octanol–water partition coefficient (Wildman–Crippen LogP) is 2.23. The van der Waals surface area contributed by atoms with Gasteiger partial charge in [-0.15, -0.1) is 0 Å². The maximum Gasteiger partial charge on any atom is 0.0568 e. The van der Waals surface area contributed by atoms with Crippen molar-refractivity contribution in [3.8, 4) is 0 Å². The van der Waals surface area contributed by atoms with Gasteiger partial charge in [-0.1, -0.05) is 12.8 Å². The molecule has 1 aliphatic rings. The molecule has 1 aliphatic heterocycles. The van der Waals surface area contributed by atoms with Crippen molar-refractivity contribution < 1.29 is 0 Å². The second kappa shape index (κ2) is 4.43. The van der Waals surface area contributed by atoms with E-state index in [0.717, 1.165) is 13.1 Å². The molecule has 0 radical (unpaired) electrons. The van der Waals surface area contributed by atoms with Crippen molar-refractivity contribution >= 4 is 17.1 Å². The molecule has 1 heterocycles. The van der Waals surface area contributed by atoms with Gasteiger partial charge >= 0.3 is 0 Å². The zero-order chi connectivity index (χ0) is 10.7. The minimum atomic E-state index is 0.675. The van der Waals surface area contributed by atoms with Gasteiger partial charge in [0.15, 0.2) is 0 Å². The number of nitrogens with zero attached hydrogens (tertiary/aromatic N) is 1. The smallest absolute Gasteiger partial charge is 0.0568 e. The van der Waals surface area contributed by atoms with Crippen molar-refractivity contribution in [3.05, 3.63) is 18.2 Å². The Bertz CT molecular complexity index is 328. The quantitative estimate of drug-likeness (QED) is 0.691. The number of nitrogens with two attached hydrogens (primary N) is 2. The van der Waals surface area contributed by atoms with Crippen molar-refractivity contribution in [3.63, 3.8) is 0 Å². The van der Waals surface area contributed by atoms with Crippen LogP contribution in [0.15, 0.2) is 18.2 Å². The van der Waals surface area contributed by atoms with Crippen LogP contribution in [0.2, 0.25) is 0 Å². The van der Waals surface area contributed by atoms with Crippen LogP contribution in [0.25, 0.3) is 0 Å². The number of hydrogen-bond acceptors (Lipinski definition) is 3. The summed E-state index contributed by atoms with van der Waals surface area (Å²) in [4.78, 5) is 2.41. The van der Waals surface area contributed by atoms with Crippen molar-refractivity contribution in [1.82, 2.24) is 0 Å². The van der Waals surface area contributed by atoms with Crippen LogP contribution in [0.5, 0.6) is 0 Å². The molecular weight excluding hydrogens is 186 g/mol. The molecule has 15 heavy (non-hydrogen) atoms. The minimum absolute atomic E-state index is 0.675. The van der Waals surface area contributed by atoms with Crippen LogP contribution in [-0.2, 0) is 0 Å². The molecule has 0 amide bonds. The van der Waals surface area contributed by atoms with Gasteiger partial charge in [0, 0.05) is 18.8 Å². The standard InChI is InChI=1S/C12H19N3/c13-11-6-5-10(9-12(11)14)15-7-3-1-2-4-8-15/h5-6,9H,1-4,7-8,13-14H2. The van der Waals surface area contributed by atoms with Crippen molar-refractivity contribution in [2.45, 2.75) is 25.7 Å². The maximum absolute atomic E-state index is 5.81. The van der Waals surface area contributed by atoms with Crippen LogP contribution in [0.1, 0.15) is 25.7 Å². The third-order valence-electron chi connectivity index (χ3n) is 3.04. The van der Waals surface area contributed by atoms with Gasteiger partial charge in [0.05, 0.1) is 11.4 Å². The van der Waals surface area contributed by atoms with E-state index in [1.807, 2.05) is 12.1 Å². The van der Waals surface area contributed by atoms with Crippen LogP contribution in [-0.4, -0.2) is 13.1 Å². The highest BCUT2D eigenvalue weighted by Gasteiger charge is 2.10. The zero-order valence-electron chi connectivity index (χ0n) is 9.08. The normalized spacial score (nSPS) is 17.5. The molecule has 1 saturated heterocycles. The predicted molar refractivity (Wildman–Crippen MR) is 65.9 cm³/mol. The van der Waals surface area contributed by atoms with Gasteiger partial charge in [-0.05, 0) is 31.0 Å². The molecule has 0 aliphatic carbocycles. The Balaban J connectivity index is 2.16. The number of benzene rings is 1. The fraction of sp³-hybridized carbons (Fsp3) is 0.500. The molecule has 0 atom stereocenters. The number of anilines is 3. The Hall–Kier alpha value is -1.38. The molecule has 0 saturated carbocycles. The second-order valence-electron chi connectivity index (χ2n) is 4.21.